The Kier molecular flexibility index (Phi) is 5.03. The Morgan fingerprint density at radius 2 is 1.88 bits per heavy atom. The van der Waals surface area contributed by atoms with E-state index in [0.29, 0.717) is 23.8 Å². The van der Waals surface area contributed by atoms with E-state index in [4.69, 9.17) is 0 Å². The van der Waals surface area contributed by atoms with Crippen LogP contribution in [0.25, 0.3) is 0 Å². The number of anilines is 2. The quantitative estimate of drug-likeness (QED) is 0.870. The third kappa shape index (κ3) is 3.82. The number of hydrogen-bond donors (Lipinski definition) is 1. The third-order valence-corrected chi connectivity index (χ3v) is 4.57. The second-order valence-electron chi connectivity index (χ2n) is 6.26. The van der Waals surface area contributed by atoms with Gasteiger partial charge in [-0.1, -0.05) is 18.2 Å². The van der Waals surface area contributed by atoms with Crippen LogP contribution in [0.5, 0.6) is 0 Å². The predicted octanol–water partition coefficient (Wildman–Crippen LogP) is 3.25. The van der Waals surface area contributed by atoms with Crippen molar-refractivity contribution in [3.63, 3.8) is 0 Å². The minimum absolute atomic E-state index is 0.0747. The van der Waals surface area contributed by atoms with Gasteiger partial charge in [0.05, 0.1) is 19.2 Å². The van der Waals surface area contributed by atoms with Gasteiger partial charge in [0.2, 0.25) is 5.91 Å². The van der Waals surface area contributed by atoms with Crippen molar-refractivity contribution in [3.05, 3.63) is 59.7 Å². The summed E-state index contributed by atoms with van der Waals surface area (Å²) in [7, 11) is 1.34. The first-order chi connectivity index (χ1) is 12.1. The maximum absolute atomic E-state index is 12.5. The number of aryl methyl sites for hydroxylation is 1. The molecule has 0 aromatic heterocycles. The summed E-state index contributed by atoms with van der Waals surface area (Å²) >= 11 is 0. The van der Waals surface area contributed by atoms with Crippen LogP contribution in [0.4, 0.5) is 11.4 Å². The second-order valence-corrected chi connectivity index (χ2v) is 6.26. The smallest absolute Gasteiger partial charge is 0.337 e. The van der Waals surface area contributed by atoms with Crippen LogP contribution in [0.1, 0.15) is 29.3 Å². The van der Waals surface area contributed by atoms with E-state index < -0.39 is 5.97 Å². The van der Waals surface area contributed by atoms with Crippen LogP contribution >= 0.6 is 0 Å². The molecule has 1 amide bonds. The zero-order valence-electron chi connectivity index (χ0n) is 14.5. The number of hydrogen-bond acceptors (Lipinski definition) is 4. The van der Waals surface area contributed by atoms with Crippen LogP contribution in [-0.2, 0) is 16.0 Å². The molecule has 2 aromatic carbocycles. The number of benzene rings is 2. The van der Waals surface area contributed by atoms with E-state index in [-0.39, 0.29) is 5.91 Å². The summed E-state index contributed by atoms with van der Waals surface area (Å²) < 4.78 is 4.67. The summed E-state index contributed by atoms with van der Waals surface area (Å²) in [5.41, 5.74) is 3.54. The lowest BCUT2D eigenvalue weighted by Gasteiger charge is -2.36. The molecule has 0 spiro atoms. The normalized spacial score (nSPS) is 16.1. The standard InChI is InChI=1S/C20H22N2O3/c1-14-7-8-15-5-3-4-6-18(15)22(14)13-19(23)21-17-11-9-16(10-12-17)20(24)25-2/h3-6,9-12,14H,7-8,13H2,1-2H3,(H,21,23)/t14-/m1/s1. The van der Waals surface area contributed by atoms with Gasteiger partial charge in [-0.3, -0.25) is 4.79 Å². The Balaban J connectivity index is 1.67. The van der Waals surface area contributed by atoms with E-state index in [1.807, 2.05) is 12.1 Å². The van der Waals surface area contributed by atoms with Crippen LogP contribution in [0.3, 0.4) is 0 Å². The molecule has 1 aliphatic heterocycles. The van der Waals surface area contributed by atoms with Gasteiger partial charge in [0.1, 0.15) is 0 Å². The number of esters is 1. The topological polar surface area (TPSA) is 58.6 Å². The van der Waals surface area contributed by atoms with Gasteiger partial charge < -0.3 is 15.0 Å². The first-order valence-electron chi connectivity index (χ1n) is 8.41. The minimum Gasteiger partial charge on any atom is -0.465 e. The molecule has 0 bridgehead atoms. The maximum Gasteiger partial charge on any atom is 0.337 e. The molecule has 0 unspecified atom stereocenters. The SMILES string of the molecule is COC(=O)c1ccc(NC(=O)CN2c3ccccc3CC[C@H]2C)cc1. The lowest BCUT2D eigenvalue weighted by Crippen LogP contribution is -2.42. The van der Waals surface area contributed by atoms with Crippen molar-refractivity contribution < 1.29 is 14.3 Å². The van der Waals surface area contributed by atoms with E-state index in [1.165, 1.54) is 12.7 Å². The van der Waals surface area contributed by atoms with Crippen molar-refractivity contribution >= 4 is 23.3 Å². The molecule has 0 aliphatic carbocycles. The zero-order valence-corrected chi connectivity index (χ0v) is 14.5. The molecule has 2 aromatic rings. The monoisotopic (exact) mass is 338 g/mol. The van der Waals surface area contributed by atoms with Gasteiger partial charge in [0.15, 0.2) is 0 Å². The highest BCUT2D eigenvalue weighted by molar-refractivity contribution is 5.95. The number of carbonyl (C=O) groups is 2. The fraction of sp³-hybridized carbons (Fsp3) is 0.300. The zero-order chi connectivity index (χ0) is 17.8. The molecule has 1 aliphatic rings. The highest BCUT2D eigenvalue weighted by Crippen LogP contribution is 2.30. The summed E-state index contributed by atoms with van der Waals surface area (Å²) in [4.78, 5) is 26.1. The van der Waals surface area contributed by atoms with E-state index in [9.17, 15) is 9.59 Å². The molecule has 0 saturated carbocycles. The third-order valence-electron chi connectivity index (χ3n) is 4.57. The van der Waals surface area contributed by atoms with Crippen molar-refractivity contribution in [2.75, 3.05) is 23.9 Å². The number of nitrogens with one attached hydrogen (secondary N) is 1. The average Bonchev–Trinajstić information content (AvgIpc) is 2.64. The van der Waals surface area contributed by atoms with Gasteiger partial charge in [0.25, 0.3) is 0 Å². The van der Waals surface area contributed by atoms with Crippen molar-refractivity contribution in [1.29, 1.82) is 0 Å². The van der Waals surface area contributed by atoms with E-state index in [1.54, 1.807) is 24.3 Å². The van der Waals surface area contributed by atoms with Crippen LogP contribution in [0.15, 0.2) is 48.5 Å². The number of amides is 1. The number of fused-ring (bicyclic) bond motifs is 1. The minimum atomic E-state index is -0.392. The molecule has 0 saturated heterocycles. The van der Waals surface area contributed by atoms with Gasteiger partial charge in [-0.2, -0.15) is 0 Å². The van der Waals surface area contributed by atoms with Gasteiger partial charge in [-0.25, -0.2) is 4.79 Å². The molecule has 1 heterocycles. The highest BCUT2D eigenvalue weighted by atomic mass is 16.5. The second kappa shape index (κ2) is 7.38. The average molecular weight is 338 g/mol. The van der Waals surface area contributed by atoms with Crippen molar-refractivity contribution in [2.24, 2.45) is 0 Å². The fourth-order valence-corrected chi connectivity index (χ4v) is 3.16. The summed E-state index contributed by atoms with van der Waals surface area (Å²) in [6.45, 7) is 2.45. The number of carbonyl (C=O) groups excluding carboxylic acids is 2. The lowest BCUT2D eigenvalue weighted by atomic mass is 9.96. The summed E-state index contributed by atoms with van der Waals surface area (Å²) in [5.74, 6) is -0.467. The molecular weight excluding hydrogens is 316 g/mol. The Morgan fingerprint density at radius 3 is 2.60 bits per heavy atom. The lowest BCUT2D eigenvalue weighted by molar-refractivity contribution is -0.115. The summed E-state index contributed by atoms with van der Waals surface area (Å²) in [6.07, 6.45) is 2.09. The van der Waals surface area contributed by atoms with Crippen molar-refractivity contribution in [1.82, 2.24) is 0 Å². The molecule has 3 rings (SSSR count). The summed E-state index contributed by atoms with van der Waals surface area (Å²) in [5, 5.41) is 2.89. The Morgan fingerprint density at radius 1 is 1.16 bits per heavy atom. The van der Waals surface area contributed by atoms with E-state index in [2.05, 4.69) is 34.0 Å². The molecule has 1 atom stereocenters. The first kappa shape index (κ1) is 17.0. The molecule has 5 heteroatoms. The molecule has 25 heavy (non-hydrogen) atoms. The van der Waals surface area contributed by atoms with Gasteiger partial charge >= 0.3 is 5.97 Å². The highest BCUT2D eigenvalue weighted by Gasteiger charge is 2.24. The molecular formula is C20H22N2O3. The Hall–Kier alpha value is -2.82. The summed E-state index contributed by atoms with van der Waals surface area (Å²) in [6, 6.07) is 15.3. The largest absolute Gasteiger partial charge is 0.465 e. The van der Waals surface area contributed by atoms with Crippen LogP contribution in [-0.4, -0.2) is 31.6 Å². The molecule has 5 nitrogen and oxygen atoms in total. The van der Waals surface area contributed by atoms with Crippen molar-refractivity contribution in [2.45, 2.75) is 25.8 Å². The van der Waals surface area contributed by atoms with Crippen molar-refractivity contribution in [3.8, 4) is 0 Å². The van der Waals surface area contributed by atoms with Gasteiger partial charge in [0, 0.05) is 17.4 Å². The van der Waals surface area contributed by atoms with Crippen LogP contribution in [0.2, 0.25) is 0 Å². The van der Waals surface area contributed by atoms with Gasteiger partial charge in [-0.05, 0) is 55.7 Å². The molecule has 1 N–H and O–H groups in total. The predicted molar refractivity (Wildman–Crippen MR) is 98.0 cm³/mol. The number of ether oxygens (including phenoxy) is 1. The number of nitrogens with zero attached hydrogens (tertiary/aromatic N) is 1. The number of rotatable bonds is 4. The first-order valence-corrected chi connectivity index (χ1v) is 8.41. The van der Waals surface area contributed by atoms with Gasteiger partial charge in [-0.15, -0.1) is 0 Å². The number of para-hydroxylation sites is 1. The molecule has 130 valence electrons. The number of methoxy groups -OCH3 is 1. The van der Waals surface area contributed by atoms with E-state index in [0.717, 1.165) is 18.5 Å². The van der Waals surface area contributed by atoms with Crippen LogP contribution < -0.4 is 10.2 Å². The fourth-order valence-electron chi connectivity index (χ4n) is 3.16. The Bertz CT molecular complexity index is 771. The van der Waals surface area contributed by atoms with E-state index >= 15 is 0 Å². The molecule has 0 fully saturated rings. The molecule has 0 radical (unpaired) electrons. The van der Waals surface area contributed by atoms with Crippen LogP contribution in [0, 0.1) is 0 Å². The Labute approximate surface area is 147 Å². The maximum atomic E-state index is 12.5.